The summed E-state index contributed by atoms with van der Waals surface area (Å²) in [5, 5.41) is 3.09. The summed E-state index contributed by atoms with van der Waals surface area (Å²) < 4.78 is 22.8. The Balaban J connectivity index is 2.09. The third-order valence-electron chi connectivity index (χ3n) is 3.09. The molecule has 0 heterocycles. The Kier molecular flexibility index (Phi) is 5.28. The van der Waals surface area contributed by atoms with Crippen LogP contribution in [0.2, 0.25) is 5.02 Å². The van der Waals surface area contributed by atoms with Crippen LogP contribution in [0.15, 0.2) is 42.5 Å². The van der Waals surface area contributed by atoms with E-state index < -0.39 is 9.84 Å². The highest BCUT2D eigenvalue weighted by atomic mass is 35.5. The van der Waals surface area contributed by atoms with E-state index in [2.05, 4.69) is 5.32 Å². The van der Waals surface area contributed by atoms with Crippen LogP contribution in [0.1, 0.15) is 11.1 Å². The molecule has 0 spiro atoms. The highest BCUT2D eigenvalue weighted by Crippen LogP contribution is 2.22. The van der Waals surface area contributed by atoms with Crippen LogP contribution in [0, 0.1) is 0 Å². The predicted molar refractivity (Wildman–Crippen MR) is 93.2 cm³/mol. The average molecular weight is 353 g/mol. The van der Waals surface area contributed by atoms with Crippen molar-refractivity contribution in [3.63, 3.8) is 0 Å². The van der Waals surface area contributed by atoms with E-state index in [1.54, 1.807) is 42.5 Å². The largest absolute Gasteiger partial charge is 0.399 e. The van der Waals surface area contributed by atoms with Gasteiger partial charge in [0, 0.05) is 22.7 Å². The number of halogens is 1. The van der Waals surface area contributed by atoms with Gasteiger partial charge < -0.3 is 11.1 Å². The van der Waals surface area contributed by atoms with Crippen molar-refractivity contribution in [3.05, 3.63) is 58.6 Å². The topological polar surface area (TPSA) is 89.3 Å². The van der Waals surface area contributed by atoms with E-state index in [1.165, 1.54) is 0 Å². The molecule has 0 saturated heterocycles. The van der Waals surface area contributed by atoms with Crippen LogP contribution in [0.3, 0.4) is 0 Å². The van der Waals surface area contributed by atoms with Crippen LogP contribution in [0.5, 0.6) is 0 Å². The molecule has 5 nitrogen and oxygen atoms in total. The quantitative estimate of drug-likeness (QED) is 0.809. The Bertz CT molecular complexity index is 818. The molecular formula is C16H17ClN2O3S. The molecule has 2 aromatic carbocycles. The molecule has 2 rings (SSSR count). The molecule has 0 aliphatic carbocycles. The van der Waals surface area contributed by atoms with E-state index in [4.69, 9.17) is 17.3 Å². The molecule has 7 heteroatoms. The van der Waals surface area contributed by atoms with Crippen molar-refractivity contribution < 1.29 is 13.2 Å². The minimum Gasteiger partial charge on any atom is -0.399 e. The van der Waals surface area contributed by atoms with Crippen molar-refractivity contribution >= 4 is 38.7 Å². The normalized spacial score (nSPS) is 11.2. The number of rotatable bonds is 5. The Morgan fingerprint density at radius 1 is 1.17 bits per heavy atom. The predicted octanol–water partition coefficient (Wildman–Crippen LogP) is 2.65. The van der Waals surface area contributed by atoms with Gasteiger partial charge >= 0.3 is 0 Å². The molecule has 1 amide bonds. The lowest BCUT2D eigenvalue weighted by Crippen LogP contribution is -2.14. The summed E-state index contributed by atoms with van der Waals surface area (Å²) >= 11 is 5.99. The zero-order chi connectivity index (χ0) is 17.0. The Labute approximate surface area is 140 Å². The summed E-state index contributed by atoms with van der Waals surface area (Å²) in [6, 6.07) is 11.8. The fraction of sp³-hybridized carbons (Fsp3) is 0.188. The van der Waals surface area contributed by atoms with E-state index in [-0.39, 0.29) is 18.1 Å². The van der Waals surface area contributed by atoms with E-state index in [0.717, 1.165) is 11.8 Å². The fourth-order valence-electron chi connectivity index (χ4n) is 2.07. The second-order valence-corrected chi connectivity index (χ2v) is 7.89. The summed E-state index contributed by atoms with van der Waals surface area (Å²) in [6.45, 7) is 0. The zero-order valence-electron chi connectivity index (χ0n) is 12.5. The minimum atomic E-state index is -3.21. The zero-order valence-corrected chi connectivity index (χ0v) is 14.1. The summed E-state index contributed by atoms with van der Waals surface area (Å²) in [5.74, 6) is -0.379. The Morgan fingerprint density at radius 2 is 1.83 bits per heavy atom. The molecule has 0 aromatic heterocycles. The van der Waals surface area contributed by atoms with Gasteiger partial charge in [-0.2, -0.15) is 0 Å². The first-order chi connectivity index (χ1) is 10.7. The molecule has 0 radical (unpaired) electrons. The van der Waals surface area contributed by atoms with Gasteiger partial charge in [0.25, 0.3) is 0 Å². The summed E-state index contributed by atoms with van der Waals surface area (Å²) in [5.41, 5.74) is 8.04. The smallest absolute Gasteiger partial charge is 0.228 e. The number of sulfone groups is 1. The number of hydrogen-bond acceptors (Lipinski definition) is 4. The molecule has 3 N–H and O–H groups in total. The lowest BCUT2D eigenvalue weighted by atomic mass is 10.1. The van der Waals surface area contributed by atoms with Gasteiger partial charge in [0.05, 0.1) is 12.2 Å². The number of nitrogens with two attached hydrogens (primary N) is 1. The van der Waals surface area contributed by atoms with E-state index in [0.29, 0.717) is 22.0 Å². The van der Waals surface area contributed by atoms with Gasteiger partial charge in [-0.05, 0) is 41.5 Å². The molecule has 2 aromatic rings. The summed E-state index contributed by atoms with van der Waals surface area (Å²) in [7, 11) is -3.21. The second kappa shape index (κ2) is 7.02. The number of amides is 1. The van der Waals surface area contributed by atoms with Crippen LogP contribution in [-0.2, 0) is 26.8 Å². The molecule has 122 valence electrons. The van der Waals surface area contributed by atoms with Gasteiger partial charge in [0.2, 0.25) is 5.91 Å². The molecule has 0 unspecified atom stereocenters. The molecule has 0 atom stereocenters. The number of carbonyl (C=O) groups excluding carboxylic acids is 1. The van der Waals surface area contributed by atoms with Crippen molar-refractivity contribution in [1.82, 2.24) is 0 Å². The summed E-state index contributed by atoms with van der Waals surface area (Å²) in [6.07, 6.45) is 1.33. The van der Waals surface area contributed by atoms with Crippen LogP contribution in [-0.4, -0.2) is 20.6 Å². The van der Waals surface area contributed by atoms with Crippen LogP contribution in [0.25, 0.3) is 0 Å². The van der Waals surface area contributed by atoms with Crippen molar-refractivity contribution in [2.75, 3.05) is 17.3 Å². The van der Waals surface area contributed by atoms with Crippen LogP contribution < -0.4 is 11.1 Å². The molecule has 0 saturated carbocycles. The number of hydrogen-bond donors (Lipinski definition) is 2. The third kappa shape index (κ3) is 5.58. The maximum absolute atomic E-state index is 12.1. The first-order valence-electron chi connectivity index (χ1n) is 6.83. The highest BCUT2D eigenvalue weighted by molar-refractivity contribution is 7.89. The number of nitrogens with one attached hydrogen (secondary N) is 1. The third-order valence-corrected chi connectivity index (χ3v) is 4.30. The van der Waals surface area contributed by atoms with Crippen molar-refractivity contribution in [2.24, 2.45) is 0 Å². The highest BCUT2D eigenvalue weighted by Gasteiger charge is 2.11. The fourth-order valence-corrected chi connectivity index (χ4v) is 3.14. The van der Waals surface area contributed by atoms with Gasteiger partial charge in [-0.15, -0.1) is 0 Å². The standard InChI is InChI=1S/C16H17ClN2O3S/c1-23(21,22)10-12-9-14(6-7-15(12)17)19-16(20)8-11-2-4-13(18)5-3-11/h2-7,9H,8,10,18H2,1H3,(H,19,20). The van der Waals surface area contributed by atoms with E-state index >= 15 is 0 Å². The first-order valence-corrected chi connectivity index (χ1v) is 9.27. The molecule has 0 fully saturated rings. The minimum absolute atomic E-state index is 0.173. The number of nitrogen functional groups attached to an aromatic ring is 1. The molecule has 0 aliphatic rings. The van der Waals surface area contributed by atoms with Crippen LogP contribution in [0.4, 0.5) is 11.4 Å². The van der Waals surface area contributed by atoms with Gasteiger partial charge in [-0.1, -0.05) is 23.7 Å². The molecular weight excluding hydrogens is 336 g/mol. The lowest BCUT2D eigenvalue weighted by Gasteiger charge is -2.09. The number of anilines is 2. The lowest BCUT2D eigenvalue weighted by molar-refractivity contribution is -0.115. The monoisotopic (exact) mass is 352 g/mol. The van der Waals surface area contributed by atoms with Crippen molar-refractivity contribution in [2.45, 2.75) is 12.2 Å². The van der Waals surface area contributed by atoms with E-state index in [1.807, 2.05) is 0 Å². The maximum Gasteiger partial charge on any atom is 0.228 e. The SMILES string of the molecule is CS(=O)(=O)Cc1cc(NC(=O)Cc2ccc(N)cc2)ccc1Cl. The molecule has 0 bridgehead atoms. The second-order valence-electron chi connectivity index (χ2n) is 5.34. The van der Waals surface area contributed by atoms with Crippen LogP contribution >= 0.6 is 11.6 Å². The first kappa shape index (κ1) is 17.3. The average Bonchev–Trinajstić information content (AvgIpc) is 2.43. The Hall–Kier alpha value is -2.05. The van der Waals surface area contributed by atoms with Gasteiger partial charge in [-0.3, -0.25) is 4.79 Å². The number of benzene rings is 2. The molecule has 0 aliphatic heterocycles. The van der Waals surface area contributed by atoms with Gasteiger partial charge in [0.1, 0.15) is 0 Å². The Morgan fingerprint density at radius 3 is 2.43 bits per heavy atom. The van der Waals surface area contributed by atoms with Crippen molar-refractivity contribution in [3.8, 4) is 0 Å². The van der Waals surface area contributed by atoms with Gasteiger partial charge in [-0.25, -0.2) is 8.42 Å². The number of carbonyl (C=O) groups is 1. The summed E-state index contributed by atoms with van der Waals surface area (Å²) in [4.78, 5) is 12.1. The molecule has 23 heavy (non-hydrogen) atoms. The van der Waals surface area contributed by atoms with Crippen molar-refractivity contribution in [1.29, 1.82) is 0 Å². The maximum atomic E-state index is 12.1. The van der Waals surface area contributed by atoms with Gasteiger partial charge in [0.15, 0.2) is 9.84 Å². The van der Waals surface area contributed by atoms with E-state index in [9.17, 15) is 13.2 Å².